The average Bonchev–Trinajstić information content (AvgIpc) is 3.13. The molecule has 4 aromatic rings. The SMILES string of the molecule is Cc1nc(COc2ccccc2Cl)sc1-c1ccnc(SCc2ccc(Cl)cc2)n1. The molecule has 0 atom stereocenters. The van der Waals surface area contributed by atoms with Gasteiger partial charge in [-0.05, 0) is 42.8 Å². The summed E-state index contributed by atoms with van der Waals surface area (Å²) in [5.74, 6) is 1.43. The Kier molecular flexibility index (Phi) is 6.89. The third kappa shape index (κ3) is 5.32. The maximum atomic E-state index is 6.15. The molecule has 0 aliphatic rings. The molecule has 8 heteroatoms. The second-order valence-electron chi connectivity index (χ2n) is 6.38. The van der Waals surface area contributed by atoms with Crippen LogP contribution in [-0.4, -0.2) is 15.0 Å². The monoisotopic (exact) mass is 473 g/mol. The van der Waals surface area contributed by atoms with E-state index in [0.717, 1.165) is 37.2 Å². The number of hydrogen-bond donors (Lipinski definition) is 0. The number of rotatable bonds is 7. The third-order valence-electron chi connectivity index (χ3n) is 4.18. The Labute approximate surface area is 193 Å². The Morgan fingerprint density at radius 2 is 1.80 bits per heavy atom. The van der Waals surface area contributed by atoms with Gasteiger partial charge in [0.15, 0.2) is 5.16 Å². The van der Waals surface area contributed by atoms with Gasteiger partial charge in [-0.3, -0.25) is 0 Å². The predicted molar refractivity (Wildman–Crippen MR) is 125 cm³/mol. The van der Waals surface area contributed by atoms with E-state index in [1.165, 1.54) is 5.56 Å². The summed E-state index contributed by atoms with van der Waals surface area (Å²) in [4.78, 5) is 14.8. The normalized spacial score (nSPS) is 10.9. The second kappa shape index (κ2) is 9.79. The summed E-state index contributed by atoms with van der Waals surface area (Å²) in [5.41, 5.74) is 2.96. The van der Waals surface area contributed by atoms with Gasteiger partial charge in [0.1, 0.15) is 17.4 Å². The van der Waals surface area contributed by atoms with Crippen LogP contribution >= 0.6 is 46.3 Å². The third-order valence-corrected chi connectivity index (χ3v) is 6.83. The summed E-state index contributed by atoms with van der Waals surface area (Å²) < 4.78 is 5.82. The Balaban J connectivity index is 1.45. The zero-order chi connectivity index (χ0) is 20.9. The minimum Gasteiger partial charge on any atom is -0.485 e. The van der Waals surface area contributed by atoms with E-state index >= 15 is 0 Å². The average molecular weight is 474 g/mol. The molecule has 30 heavy (non-hydrogen) atoms. The van der Waals surface area contributed by atoms with Crippen LogP contribution < -0.4 is 4.74 Å². The lowest BCUT2D eigenvalue weighted by Crippen LogP contribution is -1.95. The van der Waals surface area contributed by atoms with E-state index in [0.29, 0.717) is 17.4 Å². The molecule has 0 N–H and O–H groups in total. The zero-order valence-electron chi connectivity index (χ0n) is 16.0. The first kappa shape index (κ1) is 21.1. The van der Waals surface area contributed by atoms with Gasteiger partial charge in [0.25, 0.3) is 0 Å². The van der Waals surface area contributed by atoms with Gasteiger partial charge < -0.3 is 4.74 Å². The molecule has 0 fully saturated rings. The number of thioether (sulfide) groups is 1. The summed E-state index contributed by atoms with van der Waals surface area (Å²) >= 11 is 15.3. The highest BCUT2D eigenvalue weighted by Gasteiger charge is 2.13. The smallest absolute Gasteiger partial charge is 0.188 e. The summed E-state index contributed by atoms with van der Waals surface area (Å²) in [6.45, 7) is 2.34. The molecule has 152 valence electrons. The lowest BCUT2D eigenvalue weighted by Gasteiger charge is -2.05. The molecule has 0 saturated carbocycles. The zero-order valence-corrected chi connectivity index (χ0v) is 19.2. The molecule has 2 aromatic carbocycles. The molecule has 0 spiro atoms. The molecule has 4 nitrogen and oxygen atoms in total. The van der Waals surface area contributed by atoms with Crippen molar-refractivity contribution in [1.29, 1.82) is 0 Å². The number of para-hydroxylation sites is 1. The van der Waals surface area contributed by atoms with Crippen LogP contribution in [0.3, 0.4) is 0 Å². The van der Waals surface area contributed by atoms with Crippen LogP contribution in [0.15, 0.2) is 66.0 Å². The molecule has 0 unspecified atom stereocenters. The van der Waals surface area contributed by atoms with Gasteiger partial charge in [-0.2, -0.15) is 0 Å². The molecule has 2 heterocycles. The standard InChI is InChI=1S/C22H17Cl2N3OS2/c1-14-21(30-20(26-14)12-28-19-5-3-2-4-17(19)24)18-10-11-25-22(27-18)29-13-15-6-8-16(23)9-7-15/h2-11H,12-13H2,1H3. The molecule has 2 aromatic heterocycles. The second-order valence-corrected chi connectivity index (χ2v) is 9.25. The molecule has 0 amide bonds. The number of aryl methyl sites for hydroxylation is 1. The highest BCUT2D eigenvalue weighted by molar-refractivity contribution is 7.98. The minimum atomic E-state index is 0.360. The Hall–Kier alpha value is -2.12. The Morgan fingerprint density at radius 3 is 2.60 bits per heavy atom. The van der Waals surface area contributed by atoms with E-state index in [9.17, 15) is 0 Å². The van der Waals surface area contributed by atoms with Crippen LogP contribution in [0.25, 0.3) is 10.6 Å². The van der Waals surface area contributed by atoms with Crippen LogP contribution in [0.2, 0.25) is 10.0 Å². The van der Waals surface area contributed by atoms with Crippen LogP contribution in [0.1, 0.15) is 16.3 Å². The molecular formula is C22H17Cl2N3OS2. The fourth-order valence-electron chi connectivity index (χ4n) is 2.72. The van der Waals surface area contributed by atoms with Crippen molar-refractivity contribution in [2.75, 3.05) is 0 Å². The molecule has 0 saturated heterocycles. The molecule has 0 radical (unpaired) electrons. The summed E-state index contributed by atoms with van der Waals surface area (Å²) in [6, 6.07) is 17.1. The number of hydrogen-bond acceptors (Lipinski definition) is 6. The molecule has 4 rings (SSSR count). The van der Waals surface area contributed by atoms with Crippen LogP contribution in [0, 0.1) is 6.92 Å². The highest BCUT2D eigenvalue weighted by Crippen LogP contribution is 2.31. The summed E-state index contributed by atoms with van der Waals surface area (Å²) in [5, 5.41) is 2.92. The molecule has 0 bridgehead atoms. The van der Waals surface area contributed by atoms with Crippen molar-refractivity contribution in [3.63, 3.8) is 0 Å². The van der Waals surface area contributed by atoms with Gasteiger partial charge in [-0.25, -0.2) is 15.0 Å². The topological polar surface area (TPSA) is 47.9 Å². The van der Waals surface area contributed by atoms with Crippen LogP contribution in [0.4, 0.5) is 0 Å². The number of aromatic nitrogens is 3. The van der Waals surface area contributed by atoms with Gasteiger partial charge in [0.2, 0.25) is 0 Å². The fourth-order valence-corrected chi connectivity index (χ4v) is 4.77. The lowest BCUT2D eigenvalue weighted by molar-refractivity contribution is 0.305. The van der Waals surface area contributed by atoms with Crippen molar-refractivity contribution in [3.8, 4) is 16.3 Å². The van der Waals surface area contributed by atoms with Gasteiger partial charge in [-0.1, -0.05) is 59.2 Å². The van der Waals surface area contributed by atoms with E-state index in [4.69, 9.17) is 32.9 Å². The number of halogens is 2. The van der Waals surface area contributed by atoms with Crippen molar-refractivity contribution in [1.82, 2.24) is 15.0 Å². The first-order valence-corrected chi connectivity index (χ1v) is 11.7. The number of thiazole rings is 1. The maximum Gasteiger partial charge on any atom is 0.188 e. The number of benzene rings is 2. The predicted octanol–water partition coefficient (Wildman–Crippen LogP) is 7.09. The molecular weight excluding hydrogens is 457 g/mol. The Bertz CT molecular complexity index is 1150. The first-order valence-electron chi connectivity index (χ1n) is 9.13. The van der Waals surface area contributed by atoms with Crippen LogP contribution in [-0.2, 0) is 12.4 Å². The summed E-state index contributed by atoms with van der Waals surface area (Å²) in [6.07, 6.45) is 1.78. The largest absolute Gasteiger partial charge is 0.485 e. The lowest BCUT2D eigenvalue weighted by atomic mass is 10.2. The van der Waals surface area contributed by atoms with Crippen molar-refractivity contribution < 1.29 is 4.74 Å². The molecule has 0 aliphatic carbocycles. The fraction of sp³-hybridized carbons (Fsp3) is 0.136. The summed E-state index contributed by atoms with van der Waals surface area (Å²) in [7, 11) is 0. The van der Waals surface area contributed by atoms with Crippen LogP contribution in [0.5, 0.6) is 5.75 Å². The van der Waals surface area contributed by atoms with Gasteiger partial charge in [-0.15, -0.1) is 11.3 Å². The van der Waals surface area contributed by atoms with Crippen molar-refractivity contribution in [3.05, 3.63) is 87.1 Å². The van der Waals surface area contributed by atoms with E-state index in [-0.39, 0.29) is 0 Å². The highest BCUT2D eigenvalue weighted by atomic mass is 35.5. The van der Waals surface area contributed by atoms with Crippen molar-refractivity contribution in [2.45, 2.75) is 24.4 Å². The molecule has 0 aliphatic heterocycles. The van der Waals surface area contributed by atoms with Crippen molar-refractivity contribution in [2.24, 2.45) is 0 Å². The number of nitrogens with zero attached hydrogens (tertiary/aromatic N) is 3. The maximum absolute atomic E-state index is 6.15. The van der Waals surface area contributed by atoms with Gasteiger partial charge >= 0.3 is 0 Å². The first-order chi connectivity index (χ1) is 14.6. The van der Waals surface area contributed by atoms with Gasteiger partial charge in [0, 0.05) is 17.0 Å². The van der Waals surface area contributed by atoms with Crippen molar-refractivity contribution >= 4 is 46.3 Å². The van der Waals surface area contributed by atoms with E-state index in [1.54, 1.807) is 35.4 Å². The van der Waals surface area contributed by atoms with Gasteiger partial charge in [0.05, 0.1) is 21.3 Å². The van der Waals surface area contributed by atoms with E-state index in [2.05, 4.69) is 9.97 Å². The minimum absolute atomic E-state index is 0.360. The number of ether oxygens (including phenoxy) is 1. The quantitative estimate of drug-likeness (QED) is 0.211. The van der Waals surface area contributed by atoms with E-state index in [1.807, 2.05) is 55.5 Å². The van der Waals surface area contributed by atoms with E-state index < -0.39 is 0 Å². The Morgan fingerprint density at radius 1 is 1.00 bits per heavy atom.